The maximum absolute atomic E-state index is 10.8. The molecule has 19 heavy (non-hydrogen) atoms. The van der Waals surface area contributed by atoms with Crippen molar-refractivity contribution < 1.29 is 9.53 Å². The van der Waals surface area contributed by atoms with Crippen LogP contribution < -0.4 is 10.1 Å². The smallest absolute Gasteiger partial charge is 0.216 e. The number of piperidine rings is 1. The number of rotatable bonds is 5. The summed E-state index contributed by atoms with van der Waals surface area (Å²) in [7, 11) is 0. The SMILES string of the molecule is CC(=O)NCCN1CCC(Oc2ccccn2)CC1. The van der Waals surface area contributed by atoms with Crippen molar-refractivity contribution in [1.29, 1.82) is 0 Å². The second-order valence-corrected chi connectivity index (χ2v) is 4.81. The highest BCUT2D eigenvalue weighted by molar-refractivity contribution is 5.72. The second kappa shape index (κ2) is 7.09. The number of nitrogens with zero attached hydrogens (tertiary/aromatic N) is 2. The van der Waals surface area contributed by atoms with Crippen molar-refractivity contribution in [1.82, 2.24) is 15.2 Å². The van der Waals surface area contributed by atoms with Gasteiger partial charge in [0.2, 0.25) is 11.8 Å². The minimum Gasteiger partial charge on any atom is -0.474 e. The molecule has 0 bridgehead atoms. The van der Waals surface area contributed by atoms with Gasteiger partial charge in [0.25, 0.3) is 0 Å². The van der Waals surface area contributed by atoms with Crippen LogP contribution in [-0.2, 0) is 4.79 Å². The van der Waals surface area contributed by atoms with Gasteiger partial charge < -0.3 is 15.0 Å². The lowest BCUT2D eigenvalue weighted by atomic mass is 10.1. The minimum absolute atomic E-state index is 0.0355. The maximum Gasteiger partial charge on any atom is 0.216 e. The molecule has 1 fully saturated rings. The van der Waals surface area contributed by atoms with E-state index in [4.69, 9.17) is 4.74 Å². The summed E-state index contributed by atoms with van der Waals surface area (Å²) in [5.74, 6) is 0.743. The maximum atomic E-state index is 10.8. The highest BCUT2D eigenvalue weighted by Gasteiger charge is 2.20. The summed E-state index contributed by atoms with van der Waals surface area (Å²) in [4.78, 5) is 17.3. The topological polar surface area (TPSA) is 54.5 Å². The Labute approximate surface area is 114 Å². The van der Waals surface area contributed by atoms with Crippen molar-refractivity contribution in [3.63, 3.8) is 0 Å². The number of pyridine rings is 1. The van der Waals surface area contributed by atoms with Crippen LogP contribution in [0.3, 0.4) is 0 Å². The molecule has 0 atom stereocenters. The minimum atomic E-state index is 0.0355. The van der Waals surface area contributed by atoms with Crippen LogP contribution >= 0.6 is 0 Å². The van der Waals surface area contributed by atoms with E-state index >= 15 is 0 Å². The lowest BCUT2D eigenvalue weighted by molar-refractivity contribution is -0.119. The molecule has 1 N–H and O–H groups in total. The second-order valence-electron chi connectivity index (χ2n) is 4.81. The molecule has 1 saturated heterocycles. The number of likely N-dealkylation sites (tertiary alicyclic amines) is 1. The van der Waals surface area contributed by atoms with Gasteiger partial charge in [0.15, 0.2) is 0 Å². The largest absolute Gasteiger partial charge is 0.474 e. The number of carbonyl (C=O) groups is 1. The number of hydrogen-bond donors (Lipinski definition) is 1. The summed E-state index contributed by atoms with van der Waals surface area (Å²) >= 11 is 0. The lowest BCUT2D eigenvalue weighted by Crippen LogP contribution is -2.42. The van der Waals surface area contributed by atoms with Crippen LogP contribution in [0.4, 0.5) is 0 Å². The molecule has 0 aliphatic carbocycles. The molecule has 1 aliphatic rings. The van der Waals surface area contributed by atoms with Crippen molar-refractivity contribution in [2.75, 3.05) is 26.2 Å². The predicted molar refractivity (Wildman–Crippen MR) is 73.0 cm³/mol. The molecule has 5 nitrogen and oxygen atoms in total. The van der Waals surface area contributed by atoms with Crippen molar-refractivity contribution in [3.8, 4) is 5.88 Å². The molecule has 0 aromatic carbocycles. The fraction of sp³-hybridized carbons (Fsp3) is 0.571. The van der Waals surface area contributed by atoms with E-state index in [-0.39, 0.29) is 12.0 Å². The third-order valence-electron chi connectivity index (χ3n) is 3.26. The highest BCUT2D eigenvalue weighted by atomic mass is 16.5. The van der Waals surface area contributed by atoms with Crippen LogP contribution in [0.2, 0.25) is 0 Å². The normalized spacial score (nSPS) is 17.1. The van der Waals surface area contributed by atoms with Gasteiger partial charge in [0.05, 0.1) is 0 Å². The van der Waals surface area contributed by atoms with E-state index < -0.39 is 0 Å². The van der Waals surface area contributed by atoms with Gasteiger partial charge in [-0.2, -0.15) is 0 Å². The third-order valence-corrected chi connectivity index (χ3v) is 3.26. The molecule has 0 spiro atoms. The summed E-state index contributed by atoms with van der Waals surface area (Å²) in [5, 5.41) is 2.82. The molecule has 1 aromatic heterocycles. The van der Waals surface area contributed by atoms with Crippen LogP contribution in [-0.4, -0.2) is 48.1 Å². The summed E-state index contributed by atoms with van der Waals surface area (Å²) in [5.41, 5.74) is 0. The monoisotopic (exact) mass is 263 g/mol. The van der Waals surface area contributed by atoms with Crippen molar-refractivity contribution in [2.24, 2.45) is 0 Å². The Morgan fingerprint density at radius 3 is 2.89 bits per heavy atom. The van der Waals surface area contributed by atoms with Crippen LogP contribution in [0.15, 0.2) is 24.4 Å². The summed E-state index contributed by atoms with van der Waals surface area (Å²) in [6.45, 7) is 5.21. The van der Waals surface area contributed by atoms with Crippen LogP contribution in [0, 0.1) is 0 Å². The zero-order chi connectivity index (χ0) is 13.5. The molecule has 0 saturated carbocycles. The summed E-state index contributed by atoms with van der Waals surface area (Å²) in [6.07, 6.45) is 4.03. The molecule has 104 valence electrons. The molecule has 0 radical (unpaired) electrons. The Hall–Kier alpha value is -1.62. The number of carbonyl (C=O) groups excluding carboxylic acids is 1. The zero-order valence-corrected chi connectivity index (χ0v) is 11.3. The van der Waals surface area contributed by atoms with Gasteiger partial charge in [-0.1, -0.05) is 6.07 Å². The Bertz CT molecular complexity index is 389. The molecular weight excluding hydrogens is 242 g/mol. The van der Waals surface area contributed by atoms with Crippen molar-refractivity contribution >= 4 is 5.91 Å². The Morgan fingerprint density at radius 1 is 1.47 bits per heavy atom. The Morgan fingerprint density at radius 2 is 2.26 bits per heavy atom. The lowest BCUT2D eigenvalue weighted by Gasteiger charge is -2.31. The average molecular weight is 263 g/mol. The first-order valence-electron chi connectivity index (χ1n) is 6.78. The van der Waals surface area contributed by atoms with E-state index in [1.807, 2.05) is 18.2 Å². The first kappa shape index (κ1) is 13.8. The first-order chi connectivity index (χ1) is 9.24. The number of nitrogens with one attached hydrogen (secondary N) is 1. The Kier molecular flexibility index (Phi) is 5.15. The number of aromatic nitrogens is 1. The van der Waals surface area contributed by atoms with E-state index in [0.29, 0.717) is 5.88 Å². The van der Waals surface area contributed by atoms with Gasteiger partial charge in [-0.25, -0.2) is 4.98 Å². The van der Waals surface area contributed by atoms with Gasteiger partial charge in [-0.05, 0) is 18.9 Å². The van der Waals surface area contributed by atoms with Crippen molar-refractivity contribution in [3.05, 3.63) is 24.4 Å². The predicted octanol–water partition coefficient (Wildman–Crippen LogP) is 1.06. The van der Waals surface area contributed by atoms with E-state index in [1.54, 1.807) is 13.1 Å². The zero-order valence-electron chi connectivity index (χ0n) is 11.3. The number of ether oxygens (including phenoxy) is 1. The molecule has 1 aromatic rings. The number of hydrogen-bond acceptors (Lipinski definition) is 4. The van der Waals surface area contributed by atoms with Crippen LogP contribution in [0.5, 0.6) is 5.88 Å². The standard InChI is InChI=1S/C14H21N3O2/c1-12(18)15-8-11-17-9-5-13(6-10-17)19-14-4-2-3-7-16-14/h2-4,7,13H,5-6,8-11H2,1H3,(H,15,18). The van der Waals surface area contributed by atoms with E-state index in [0.717, 1.165) is 39.0 Å². The van der Waals surface area contributed by atoms with Crippen molar-refractivity contribution in [2.45, 2.75) is 25.9 Å². The third kappa shape index (κ3) is 4.87. The summed E-state index contributed by atoms with van der Waals surface area (Å²) in [6, 6.07) is 5.71. The first-order valence-corrected chi connectivity index (χ1v) is 6.78. The number of amides is 1. The Balaban J connectivity index is 1.66. The van der Waals surface area contributed by atoms with Gasteiger partial charge in [0, 0.05) is 45.4 Å². The van der Waals surface area contributed by atoms with Gasteiger partial charge in [-0.3, -0.25) is 4.79 Å². The van der Waals surface area contributed by atoms with Gasteiger partial charge in [0.1, 0.15) is 6.10 Å². The fourth-order valence-corrected chi connectivity index (χ4v) is 2.23. The molecule has 2 rings (SSSR count). The molecular formula is C14H21N3O2. The fourth-order valence-electron chi connectivity index (χ4n) is 2.23. The van der Waals surface area contributed by atoms with Crippen LogP contribution in [0.1, 0.15) is 19.8 Å². The van der Waals surface area contributed by atoms with E-state index in [9.17, 15) is 4.79 Å². The average Bonchev–Trinajstić information content (AvgIpc) is 2.42. The van der Waals surface area contributed by atoms with Crippen LogP contribution in [0.25, 0.3) is 0 Å². The molecule has 5 heteroatoms. The van der Waals surface area contributed by atoms with Gasteiger partial charge >= 0.3 is 0 Å². The summed E-state index contributed by atoms with van der Waals surface area (Å²) < 4.78 is 5.84. The molecule has 1 amide bonds. The highest BCUT2D eigenvalue weighted by Crippen LogP contribution is 2.16. The molecule has 1 aliphatic heterocycles. The van der Waals surface area contributed by atoms with E-state index in [2.05, 4.69) is 15.2 Å². The molecule has 0 unspecified atom stereocenters. The quantitative estimate of drug-likeness (QED) is 0.863. The molecule has 2 heterocycles. The van der Waals surface area contributed by atoms with E-state index in [1.165, 1.54) is 0 Å². The van der Waals surface area contributed by atoms with Gasteiger partial charge in [-0.15, -0.1) is 0 Å².